The van der Waals surface area contributed by atoms with Crippen molar-refractivity contribution in [3.63, 3.8) is 0 Å². The lowest BCUT2D eigenvalue weighted by atomic mass is 10.2. The number of aromatic amines is 1. The van der Waals surface area contributed by atoms with E-state index < -0.39 is 0 Å². The average Bonchev–Trinajstić information content (AvgIpc) is 3.06. The van der Waals surface area contributed by atoms with E-state index in [0.29, 0.717) is 53.8 Å². The highest BCUT2D eigenvalue weighted by molar-refractivity contribution is 6.39. The molecular formula is C20H11Cl4N3O. The zero-order valence-corrected chi connectivity index (χ0v) is 17.1. The number of halogens is 4. The van der Waals surface area contributed by atoms with Gasteiger partial charge in [-0.15, -0.1) is 0 Å². The monoisotopic (exact) mass is 449 g/mol. The fourth-order valence-electron chi connectivity index (χ4n) is 2.78. The molecule has 0 fully saturated rings. The number of amides is 1. The molecule has 4 rings (SSSR count). The minimum Gasteiger partial charge on any atom is -0.338 e. The Kier molecular flexibility index (Phi) is 5.21. The molecular weight excluding hydrogens is 440 g/mol. The first-order chi connectivity index (χ1) is 13.4. The molecule has 1 aromatic heterocycles. The Bertz CT molecular complexity index is 1200. The van der Waals surface area contributed by atoms with E-state index in [2.05, 4.69) is 15.3 Å². The summed E-state index contributed by atoms with van der Waals surface area (Å²) in [6.45, 7) is 0. The van der Waals surface area contributed by atoms with Crippen molar-refractivity contribution in [2.75, 3.05) is 5.32 Å². The van der Waals surface area contributed by atoms with Gasteiger partial charge in [-0.1, -0.05) is 52.5 Å². The molecule has 0 atom stereocenters. The molecule has 0 spiro atoms. The summed E-state index contributed by atoms with van der Waals surface area (Å²) in [6.07, 6.45) is 0. The van der Waals surface area contributed by atoms with E-state index in [1.54, 1.807) is 54.6 Å². The molecule has 1 amide bonds. The lowest BCUT2D eigenvalue weighted by molar-refractivity contribution is 0.102. The van der Waals surface area contributed by atoms with E-state index in [1.165, 1.54) is 0 Å². The average molecular weight is 451 g/mol. The van der Waals surface area contributed by atoms with Crippen LogP contribution in [0.3, 0.4) is 0 Å². The maximum Gasteiger partial charge on any atom is 0.255 e. The Morgan fingerprint density at radius 3 is 2.36 bits per heavy atom. The number of nitrogens with zero attached hydrogens (tertiary/aromatic N) is 1. The first-order valence-corrected chi connectivity index (χ1v) is 9.64. The van der Waals surface area contributed by atoms with Crippen LogP contribution in [0.4, 0.5) is 5.69 Å². The van der Waals surface area contributed by atoms with Crippen LogP contribution in [0.5, 0.6) is 0 Å². The third-order valence-electron chi connectivity index (χ3n) is 4.12. The molecule has 2 N–H and O–H groups in total. The number of benzene rings is 3. The maximum atomic E-state index is 12.6. The smallest absolute Gasteiger partial charge is 0.255 e. The van der Waals surface area contributed by atoms with E-state index in [-0.39, 0.29) is 5.91 Å². The van der Waals surface area contributed by atoms with Crippen molar-refractivity contribution >= 4 is 69.0 Å². The largest absolute Gasteiger partial charge is 0.338 e. The van der Waals surface area contributed by atoms with Crippen LogP contribution in [-0.4, -0.2) is 15.9 Å². The Morgan fingerprint density at radius 2 is 1.64 bits per heavy atom. The number of nitrogens with one attached hydrogen (secondary N) is 2. The van der Waals surface area contributed by atoms with Crippen LogP contribution >= 0.6 is 46.4 Å². The third-order valence-corrected chi connectivity index (χ3v) is 5.30. The highest BCUT2D eigenvalue weighted by Crippen LogP contribution is 2.34. The second kappa shape index (κ2) is 7.64. The van der Waals surface area contributed by atoms with Crippen LogP contribution < -0.4 is 5.32 Å². The summed E-state index contributed by atoms with van der Waals surface area (Å²) in [4.78, 5) is 20.3. The topological polar surface area (TPSA) is 57.8 Å². The normalized spacial score (nSPS) is 11.0. The van der Waals surface area contributed by atoms with Crippen LogP contribution in [0, 0.1) is 0 Å². The number of carbonyl (C=O) groups excluding carboxylic acids is 1. The maximum absolute atomic E-state index is 12.6. The first-order valence-electron chi connectivity index (χ1n) is 8.13. The number of rotatable bonds is 3. The van der Waals surface area contributed by atoms with E-state index >= 15 is 0 Å². The third kappa shape index (κ3) is 3.69. The molecule has 4 nitrogen and oxygen atoms in total. The molecule has 0 aliphatic rings. The molecule has 0 aliphatic carbocycles. The fourth-order valence-corrected chi connectivity index (χ4v) is 3.81. The van der Waals surface area contributed by atoms with Gasteiger partial charge in [-0.2, -0.15) is 0 Å². The Morgan fingerprint density at radius 1 is 0.893 bits per heavy atom. The van der Waals surface area contributed by atoms with Gasteiger partial charge >= 0.3 is 0 Å². The first kappa shape index (κ1) is 19.1. The van der Waals surface area contributed by atoms with Gasteiger partial charge in [0, 0.05) is 10.6 Å². The molecule has 1 heterocycles. The zero-order valence-electron chi connectivity index (χ0n) is 14.1. The summed E-state index contributed by atoms with van der Waals surface area (Å²) in [7, 11) is 0. The van der Waals surface area contributed by atoms with Crippen LogP contribution in [0.25, 0.3) is 22.4 Å². The van der Waals surface area contributed by atoms with Crippen molar-refractivity contribution in [2.45, 2.75) is 0 Å². The molecule has 140 valence electrons. The Balaban J connectivity index is 1.67. The van der Waals surface area contributed by atoms with Crippen LogP contribution in [-0.2, 0) is 0 Å². The van der Waals surface area contributed by atoms with Gasteiger partial charge in [-0.3, -0.25) is 4.79 Å². The minimum atomic E-state index is -0.307. The predicted molar refractivity (Wildman–Crippen MR) is 116 cm³/mol. The van der Waals surface area contributed by atoms with Gasteiger partial charge in [-0.25, -0.2) is 4.98 Å². The molecule has 0 saturated heterocycles. The van der Waals surface area contributed by atoms with Crippen molar-refractivity contribution in [2.24, 2.45) is 0 Å². The summed E-state index contributed by atoms with van der Waals surface area (Å²) >= 11 is 24.5. The van der Waals surface area contributed by atoms with Gasteiger partial charge in [0.1, 0.15) is 5.82 Å². The second-order valence-corrected chi connectivity index (χ2v) is 7.65. The number of fused-ring (bicyclic) bond motifs is 1. The molecule has 8 heteroatoms. The molecule has 0 unspecified atom stereocenters. The van der Waals surface area contributed by atoms with E-state index in [9.17, 15) is 4.79 Å². The molecule has 0 aliphatic heterocycles. The van der Waals surface area contributed by atoms with Gasteiger partial charge in [0.25, 0.3) is 5.91 Å². The number of hydrogen-bond donors (Lipinski definition) is 2. The number of carbonyl (C=O) groups is 1. The molecule has 0 radical (unpaired) electrons. The summed E-state index contributed by atoms with van der Waals surface area (Å²) in [5.74, 6) is 0.224. The summed E-state index contributed by atoms with van der Waals surface area (Å²) in [5.41, 5.74) is 2.90. The SMILES string of the molecule is O=C(Nc1ccc(Cl)cc1Cl)c1ccc2nc(-c3c(Cl)cccc3Cl)[nH]c2c1. The van der Waals surface area contributed by atoms with Crippen molar-refractivity contribution in [3.05, 3.63) is 80.3 Å². The van der Waals surface area contributed by atoms with E-state index in [1.807, 2.05) is 0 Å². The number of hydrogen-bond acceptors (Lipinski definition) is 2. The van der Waals surface area contributed by atoms with Gasteiger partial charge in [-0.05, 0) is 48.5 Å². The van der Waals surface area contributed by atoms with Gasteiger partial charge < -0.3 is 10.3 Å². The highest BCUT2D eigenvalue weighted by Gasteiger charge is 2.15. The van der Waals surface area contributed by atoms with Gasteiger partial charge in [0.2, 0.25) is 0 Å². The lowest BCUT2D eigenvalue weighted by Crippen LogP contribution is -2.12. The van der Waals surface area contributed by atoms with Crippen molar-refractivity contribution in [1.29, 1.82) is 0 Å². The number of aromatic nitrogens is 2. The number of H-pyrrole nitrogens is 1. The highest BCUT2D eigenvalue weighted by atomic mass is 35.5. The molecule has 4 aromatic rings. The standard InChI is InChI=1S/C20H11Cl4N3O/c21-11-5-7-15(14(24)9-11)27-20(28)10-4-6-16-17(8-10)26-19(25-16)18-12(22)2-1-3-13(18)23/h1-9H,(H,25,26)(H,27,28). The predicted octanol–water partition coefficient (Wildman–Crippen LogP) is 7.10. The van der Waals surface area contributed by atoms with Crippen molar-refractivity contribution in [3.8, 4) is 11.4 Å². The number of imidazole rings is 1. The quantitative estimate of drug-likeness (QED) is 0.349. The lowest BCUT2D eigenvalue weighted by Gasteiger charge is -2.07. The summed E-state index contributed by atoms with van der Waals surface area (Å²) < 4.78 is 0. The molecule has 3 aromatic carbocycles. The van der Waals surface area contributed by atoms with E-state index in [4.69, 9.17) is 46.4 Å². The second-order valence-electron chi connectivity index (χ2n) is 5.99. The van der Waals surface area contributed by atoms with Crippen LogP contribution in [0.15, 0.2) is 54.6 Å². The summed E-state index contributed by atoms with van der Waals surface area (Å²) in [6, 6.07) is 15.2. The Hall–Kier alpha value is -2.24. The summed E-state index contributed by atoms with van der Waals surface area (Å²) in [5, 5.41) is 4.60. The number of anilines is 1. The van der Waals surface area contributed by atoms with Gasteiger partial charge in [0.05, 0.1) is 37.4 Å². The molecule has 0 bridgehead atoms. The zero-order chi connectivity index (χ0) is 19.8. The van der Waals surface area contributed by atoms with Crippen molar-refractivity contribution < 1.29 is 4.79 Å². The van der Waals surface area contributed by atoms with Gasteiger partial charge in [0.15, 0.2) is 0 Å². The minimum absolute atomic E-state index is 0.307. The Labute approximate surface area is 180 Å². The van der Waals surface area contributed by atoms with Crippen LogP contribution in [0.1, 0.15) is 10.4 Å². The van der Waals surface area contributed by atoms with E-state index in [0.717, 1.165) is 0 Å². The van der Waals surface area contributed by atoms with Crippen LogP contribution in [0.2, 0.25) is 20.1 Å². The molecule has 0 saturated carbocycles. The fraction of sp³-hybridized carbons (Fsp3) is 0. The van der Waals surface area contributed by atoms with Crippen molar-refractivity contribution in [1.82, 2.24) is 9.97 Å². The molecule has 28 heavy (non-hydrogen) atoms.